The van der Waals surface area contributed by atoms with E-state index in [2.05, 4.69) is 9.47 Å². The second-order valence-electron chi connectivity index (χ2n) is 5.48. The van der Waals surface area contributed by atoms with E-state index in [0.29, 0.717) is 0 Å². The molecule has 0 spiro atoms. The van der Waals surface area contributed by atoms with Crippen molar-refractivity contribution in [3.05, 3.63) is 0 Å². The SMILES string of the molecule is O=C([O-])[C@H]1O[C@@H](O)[C@H](O)[C@@H](O)[C@@H]1O.O=C([O-])[C@H]1O[C@@H](O)[C@H](O)[C@@H](O)[C@@H]1O.[Zn+2]. The smallest absolute Gasteiger partial charge is 0.547 e. The van der Waals surface area contributed by atoms with Crippen LogP contribution in [0.5, 0.6) is 0 Å². The minimum Gasteiger partial charge on any atom is -0.547 e. The van der Waals surface area contributed by atoms with E-state index < -0.39 is 73.4 Å². The van der Waals surface area contributed by atoms with Gasteiger partial charge in [0.05, 0.1) is 11.9 Å². The van der Waals surface area contributed by atoms with E-state index in [1.165, 1.54) is 0 Å². The average Bonchev–Trinajstić information content (AvgIpc) is 2.57. The summed E-state index contributed by atoms with van der Waals surface area (Å²) < 4.78 is 8.55. The van der Waals surface area contributed by atoms with Gasteiger partial charge in [-0.2, -0.15) is 0 Å². The summed E-state index contributed by atoms with van der Waals surface area (Å²) in [6.45, 7) is 0. The van der Waals surface area contributed by atoms with Gasteiger partial charge in [0.25, 0.3) is 0 Å². The van der Waals surface area contributed by atoms with Gasteiger partial charge < -0.3 is 70.1 Å². The summed E-state index contributed by atoms with van der Waals surface area (Å²) in [6, 6.07) is 0. The zero-order valence-electron chi connectivity index (χ0n) is 13.5. The molecule has 2 fully saturated rings. The van der Waals surface area contributed by atoms with Crippen molar-refractivity contribution < 1.29 is 89.6 Å². The van der Waals surface area contributed by atoms with Crippen LogP contribution >= 0.6 is 0 Å². The molecule has 15 heteroatoms. The molecule has 0 bridgehead atoms. The van der Waals surface area contributed by atoms with Crippen molar-refractivity contribution in [2.75, 3.05) is 0 Å². The number of carbonyl (C=O) groups is 2. The minimum absolute atomic E-state index is 0. The number of aliphatic carboxylic acids is 2. The fourth-order valence-electron chi connectivity index (χ4n) is 2.11. The van der Waals surface area contributed by atoms with Crippen molar-refractivity contribution in [1.82, 2.24) is 0 Å². The molecule has 0 aliphatic carbocycles. The monoisotopic (exact) mass is 450 g/mol. The molecule has 0 aromatic heterocycles. The van der Waals surface area contributed by atoms with Crippen molar-refractivity contribution >= 4 is 11.9 Å². The molecule has 0 aromatic carbocycles. The molecule has 14 nitrogen and oxygen atoms in total. The summed E-state index contributed by atoms with van der Waals surface area (Å²) in [5, 5.41) is 92.1. The average molecular weight is 452 g/mol. The van der Waals surface area contributed by atoms with Gasteiger partial charge in [-0.25, -0.2) is 0 Å². The Labute approximate surface area is 163 Å². The maximum absolute atomic E-state index is 10.3. The van der Waals surface area contributed by atoms with Crippen molar-refractivity contribution in [3.63, 3.8) is 0 Å². The fraction of sp³-hybridized carbons (Fsp3) is 0.833. The number of ether oxygens (including phenoxy) is 2. The number of rotatable bonds is 2. The van der Waals surface area contributed by atoms with Gasteiger partial charge in [-0.05, 0) is 0 Å². The molecule has 2 heterocycles. The Bertz CT molecular complexity index is 460. The summed E-state index contributed by atoms with van der Waals surface area (Å²) in [6.07, 6.45) is -18.0. The summed E-state index contributed by atoms with van der Waals surface area (Å²) in [5.41, 5.74) is 0. The van der Waals surface area contributed by atoms with Crippen LogP contribution in [0.1, 0.15) is 0 Å². The first-order valence-corrected chi connectivity index (χ1v) is 7.07. The van der Waals surface area contributed by atoms with Crippen LogP contribution in [0.15, 0.2) is 0 Å². The van der Waals surface area contributed by atoms with Crippen molar-refractivity contribution in [2.45, 2.75) is 61.4 Å². The second kappa shape index (κ2) is 10.6. The van der Waals surface area contributed by atoms with E-state index >= 15 is 0 Å². The Morgan fingerprint density at radius 2 is 0.815 bits per heavy atom. The van der Waals surface area contributed by atoms with E-state index in [9.17, 15) is 19.8 Å². The van der Waals surface area contributed by atoms with Gasteiger partial charge >= 0.3 is 19.5 Å². The molecule has 8 N–H and O–H groups in total. The Morgan fingerprint density at radius 3 is 1.04 bits per heavy atom. The van der Waals surface area contributed by atoms with E-state index in [-0.39, 0.29) is 19.5 Å². The molecule has 2 rings (SSSR count). The van der Waals surface area contributed by atoms with Crippen LogP contribution in [0.4, 0.5) is 0 Å². The van der Waals surface area contributed by atoms with Gasteiger partial charge in [-0.3, -0.25) is 0 Å². The Hall–Kier alpha value is -0.837. The number of carboxylic acids is 2. The fourth-order valence-corrected chi connectivity index (χ4v) is 2.11. The van der Waals surface area contributed by atoms with E-state index in [0.717, 1.165) is 0 Å². The summed E-state index contributed by atoms with van der Waals surface area (Å²) in [7, 11) is 0. The third-order valence-corrected chi connectivity index (χ3v) is 3.64. The number of hydrogen-bond donors (Lipinski definition) is 8. The molecule has 2 saturated heterocycles. The molecule has 0 radical (unpaired) electrons. The van der Waals surface area contributed by atoms with Crippen LogP contribution in [0.2, 0.25) is 0 Å². The largest absolute Gasteiger partial charge is 2.00 e. The first-order valence-electron chi connectivity index (χ1n) is 7.07. The third-order valence-electron chi connectivity index (χ3n) is 3.64. The molecule has 0 amide bonds. The molecule has 0 unspecified atom stereocenters. The normalized spacial score (nSPS) is 44.3. The van der Waals surface area contributed by atoms with E-state index in [4.69, 9.17) is 40.9 Å². The molecule has 10 atom stereocenters. The predicted octanol–water partition coefficient (Wildman–Crippen LogP) is -8.93. The Balaban J connectivity index is 0.000000483. The van der Waals surface area contributed by atoms with Gasteiger partial charge in [0.1, 0.15) is 48.8 Å². The third kappa shape index (κ3) is 6.07. The number of carboxylic acid groups (broad SMARTS) is 2. The molecule has 0 aromatic rings. The van der Waals surface area contributed by atoms with Gasteiger partial charge in [0, 0.05) is 0 Å². The maximum atomic E-state index is 10.3. The summed E-state index contributed by atoms with van der Waals surface area (Å²) in [5.74, 6) is -3.53. The van der Waals surface area contributed by atoms with Gasteiger partial charge in [0.15, 0.2) is 12.6 Å². The first kappa shape index (κ1) is 26.2. The van der Waals surface area contributed by atoms with Gasteiger partial charge in [-0.1, -0.05) is 0 Å². The zero-order valence-corrected chi connectivity index (χ0v) is 16.5. The van der Waals surface area contributed by atoms with Crippen LogP contribution in [-0.4, -0.2) is 114 Å². The summed E-state index contributed by atoms with van der Waals surface area (Å²) >= 11 is 0. The molecular formula is C12H18O14Zn. The van der Waals surface area contributed by atoms with Crippen molar-refractivity contribution in [3.8, 4) is 0 Å². The predicted molar refractivity (Wildman–Crippen MR) is 67.8 cm³/mol. The van der Waals surface area contributed by atoms with Crippen LogP contribution in [0.25, 0.3) is 0 Å². The Kier molecular flexibility index (Phi) is 10.3. The molecule has 2 aliphatic heterocycles. The molecular weight excluding hydrogens is 434 g/mol. The van der Waals surface area contributed by atoms with Gasteiger partial charge in [-0.15, -0.1) is 0 Å². The second-order valence-corrected chi connectivity index (χ2v) is 5.48. The van der Waals surface area contributed by atoms with Crippen LogP contribution < -0.4 is 10.2 Å². The standard InChI is InChI=1S/2C6H10O7.Zn/c2*7-1-2(8)4(5(10)11)13-6(12)3(1)9;/h2*1-4,6-9,12H,(H,10,11);/q;;+2/p-2/t2*1-,2-,3+,4-,6+;/m00./s1. The number of aliphatic hydroxyl groups excluding tert-OH is 8. The quantitative estimate of drug-likeness (QED) is 0.181. The molecule has 0 saturated carbocycles. The van der Waals surface area contributed by atoms with Crippen molar-refractivity contribution in [2.24, 2.45) is 0 Å². The topological polar surface area (TPSA) is 261 Å². The summed E-state index contributed by atoms with van der Waals surface area (Å²) in [4.78, 5) is 20.5. The van der Waals surface area contributed by atoms with Crippen LogP contribution in [0, 0.1) is 0 Å². The Morgan fingerprint density at radius 1 is 0.556 bits per heavy atom. The molecule has 152 valence electrons. The molecule has 27 heavy (non-hydrogen) atoms. The number of aliphatic hydroxyl groups is 8. The van der Waals surface area contributed by atoms with Crippen LogP contribution in [0.3, 0.4) is 0 Å². The first-order chi connectivity index (χ1) is 11.9. The van der Waals surface area contributed by atoms with E-state index in [1.54, 1.807) is 0 Å². The van der Waals surface area contributed by atoms with Crippen molar-refractivity contribution in [1.29, 1.82) is 0 Å². The number of hydrogen-bond acceptors (Lipinski definition) is 14. The van der Waals surface area contributed by atoms with Crippen LogP contribution in [-0.2, 0) is 38.5 Å². The molecule has 2 aliphatic rings. The minimum atomic E-state index is -1.85. The maximum Gasteiger partial charge on any atom is 2.00 e. The van der Waals surface area contributed by atoms with E-state index in [1.807, 2.05) is 0 Å². The number of carbonyl (C=O) groups excluding carboxylic acids is 2. The van der Waals surface area contributed by atoms with Gasteiger partial charge in [0.2, 0.25) is 0 Å². The zero-order chi connectivity index (χ0) is 20.3.